The lowest BCUT2D eigenvalue weighted by molar-refractivity contribution is -0.136. The number of hydrogen-bond donors (Lipinski definition) is 1. The minimum Gasteiger partial charge on any atom is -0.342 e. The van der Waals surface area contributed by atoms with Crippen LogP contribution in [0.25, 0.3) is 0 Å². The van der Waals surface area contributed by atoms with Crippen molar-refractivity contribution < 1.29 is 4.79 Å². The fourth-order valence-corrected chi connectivity index (χ4v) is 2.65. The van der Waals surface area contributed by atoms with Crippen molar-refractivity contribution in [2.75, 3.05) is 19.6 Å². The first-order chi connectivity index (χ1) is 9.20. The molecule has 2 N–H and O–H groups in total. The van der Waals surface area contributed by atoms with E-state index in [-0.39, 0.29) is 11.8 Å². The SMILES string of the molecule is Cc1ccc(CC(CN)C(=O)N2CCCCC2)cc1. The predicted octanol–water partition coefficient (Wildman–Crippen LogP) is 2.12. The van der Waals surface area contributed by atoms with E-state index in [1.165, 1.54) is 17.5 Å². The molecule has 2 rings (SSSR count). The molecule has 1 heterocycles. The Labute approximate surface area is 115 Å². The van der Waals surface area contributed by atoms with Gasteiger partial charge in [0.05, 0.1) is 5.92 Å². The molecule has 1 amide bonds. The summed E-state index contributed by atoms with van der Waals surface area (Å²) in [6, 6.07) is 8.38. The molecule has 1 unspecified atom stereocenters. The van der Waals surface area contributed by atoms with Crippen molar-refractivity contribution in [3.05, 3.63) is 35.4 Å². The molecule has 0 spiro atoms. The molecule has 0 aromatic heterocycles. The number of hydrogen-bond acceptors (Lipinski definition) is 2. The molecule has 0 aliphatic carbocycles. The van der Waals surface area contributed by atoms with Crippen LogP contribution in [0.15, 0.2) is 24.3 Å². The minimum absolute atomic E-state index is 0.0687. The summed E-state index contributed by atoms with van der Waals surface area (Å²) in [5.41, 5.74) is 8.26. The Bertz CT molecular complexity index is 407. The van der Waals surface area contributed by atoms with Crippen LogP contribution in [0.3, 0.4) is 0 Å². The lowest BCUT2D eigenvalue weighted by Crippen LogP contribution is -2.42. The molecule has 3 heteroatoms. The molecule has 1 aliphatic rings. The lowest BCUT2D eigenvalue weighted by Gasteiger charge is -2.30. The Hall–Kier alpha value is -1.35. The summed E-state index contributed by atoms with van der Waals surface area (Å²) in [6.07, 6.45) is 4.27. The van der Waals surface area contributed by atoms with Gasteiger partial charge < -0.3 is 10.6 Å². The van der Waals surface area contributed by atoms with Crippen molar-refractivity contribution in [2.24, 2.45) is 11.7 Å². The van der Waals surface area contributed by atoms with Crippen molar-refractivity contribution in [2.45, 2.75) is 32.6 Å². The zero-order valence-corrected chi connectivity index (χ0v) is 11.8. The second-order valence-electron chi connectivity index (χ2n) is 5.51. The first-order valence-corrected chi connectivity index (χ1v) is 7.25. The molecular weight excluding hydrogens is 236 g/mol. The highest BCUT2D eigenvalue weighted by atomic mass is 16.2. The van der Waals surface area contributed by atoms with E-state index in [9.17, 15) is 4.79 Å². The molecule has 0 radical (unpaired) electrons. The highest BCUT2D eigenvalue weighted by Crippen LogP contribution is 2.16. The first-order valence-electron chi connectivity index (χ1n) is 7.25. The van der Waals surface area contributed by atoms with E-state index in [0.717, 1.165) is 32.4 Å². The van der Waals surface area contributed by atoms with E-state index in [1.807, 2.05) is 4.90 Å². The smallest absolute Gasteiger partial charge is 0.227 e. The molecule has 0 saturated carbocycles. The van der Waals surface area contributed by atoms with Crippen LogP contribution >= 0.6 is 0 Å². The van der Waals surface area contributed by atoms with Crippen molar-refractivity contribution in [3.63, 3.8) is 0 Å². The molecule has 19 heavy (non-hydrogen) atoms. The molecule has 1 aromatic carbocycles. The largest absolute Gasteiger partial charge is 0.342 e. The summed E-state index contributed by atoms with van der Waals surface area (Å²) in [6.45, 7) is 4.32. The Morgan fingerprint density at radius 2 is 1.84 bits per heavy atom. The number of rotatable bonds is 4. The Morgan fingerprint density at radius 1 is 1.21 bits per heavy atom. The number of benzene rings is 1. The summed E-state index contributed by atoms with van der Waals surface area (Å²) < 4.78 is 0. The average molecular weight is 260 g/mol. The topological polar surface area (TPSA) is 46.3 Å². The number of nitrogens with two attached hydrogens (primary N) is 1. The minimum atomic E-state index is -0.0687. The van der Waals surface area contributed by atoms with Crippen LogP contribution in [0.1, 0.15) is 30.4 Å². The highest BCUT2D eigenvalue weighted by Gasteiger charge is 2.24. The summed E-state index contributed by atoms with van der Waals surface area (Å²) >= 11 is 0. The maximum Gasteiger partial charge on any atom is 0.227 e. The molecule has 1 fully saturated rings. The Balaban J connectivity index is 1.98. The second-order valence-corrected chi connectivity index (χ2v) is 5.51. The number of carbonyl (C=O) groups excluding carboxylic acids is 1. The van der Waals surface area contributed by atoms with Gasteiger partial charge in [0, 0.05) is 19.6 Å². The van der Waals surface area contributed by atoms with Crippen LogP contribution in [0, 0.1) is 12.8 Å². The van der Waals surface area contributed by atoms with Gasteiger partial charge in [-0.25, -0.2) is 0 Å². The van der Waals surface area contributed by atoms with Crippen LogP contribution in [0.5, 0.6) is 0 Å². The standard InChI is InChI=1S/C16H24N2O/c1-13-5-7-14(8-6-13)11-15(12-17)16(19)18-9-3-2-4-10-18/h5-8,15H,2-4,9-12,17H2,1H3. The third-order valence-electron chi connectivity index (χ3n) is 3.90. The fraction of sp³-hybridized carbons (Fsp3) is 0.562. The third-order valence-corrected chi connectivity index (χ3v) is 3.90. The van der Waals surface area contributed by atoms with Crippen molar-refractivity contribution in [1.29, 1.82) is 0 Å². The molecule has 104 valence electrons. The van der Waals surface area contributed by atoms with Gasteiger partial charge in [0.25, 0.3) is 0 Å². The van der Waals surface area contributed by atoms with Crippen LogP contribution in [0.4, 0.5) is 0 Å². The van der Waals surface area contributed by atoms with E-state index in [1.54, 1.807) is 0 Å². The van der Waals surface area contributed by atoms with Gasteiger partial charge in [-0.3, -0.25) is 4.79 Å². The van der Waals surface area contributed by atoms with Crippen molar-refractivity contribution >= 4 is 5.91 Å². The van der Waals surface area contributed by atoms with Crippen molar-refractivity contribution in [1.82, 2.24) is 4.90 Å². The number of nitrogens with zero attached hydrogens (tertiary/aromatic N) is 1. The summed E-state index contributed by atoms with van der Waals surface area (Å²) in [5, 5.41) is 0. The van der Waals surface area contributed by atoms with Gasteiger partial charge in [0.2, 0.25) is 5.91 Å². The number of piperidine rings is 1. The molecule has 1 aromatic rings. The van der Waals surface area contributed by atoms with Gasteiger partial charge in [-0.2, -0.15) is 0 Å². The number of carbonyl (C=O) groups is 1. The summed E-state index contributed by atoms with van der Waals surface area (Å²) in [7, 11) is 0. The van der Waals surface area contributed by atoms with Crippen LogP contribution in [-0.4, -0.2) is 30.4 Å². The molecule has 1 atom stereocenters. The molecule has 3 nitrogen and oxygen atoms in total. The molecule has 0 bridgehead atoms. The van der Waals surface area contributed by atoms with E-state index in [0.29, 0.717) is 6.54 Å². The monoisotopic (exact) mass is 260 g/mol. The van der Waals surface area contributed by atoms with E-state index in [2.05, 4.69) is 31.2 Å². The normalized spacial score (nSPS) is 17.3. The summed E-state index contributed by atoms with van der Waals surface area (Å²) in [5.74, 6) is 0.170. The van der Waals surface area contributed by atoms with Crippen LogP contribution in [0.2, 0.25) is 0 Å². The summed E-state index contributed by atoms with van der Waals surface area (Å²) in [4.78, 5) is 14.4. The quantitative estimate of drug-likeness (QED) is 0.901. The van der Waals surface area contributed by atoms with Gasteiger partial charge in [0.15, 0.2) is 0 Å². The number of aryl methyl sites for hydroxylation is 1. The van der Waals surface area contributed by atoms with E-state index in [4.69, 9.17) is 5.73 Å². The van der Waals surface area contributed by atoms with Crippen LogP contribution < -0.4 is 5.73 Å². The molecule has 1 saturated heterocycles. The lowest BCUT2D eigenvalue weighted by atomic mass is 9.96. The van der Waals surface area contributed by atoms with Gasteiger partial charge in [-0.1, -0.05) is 29.8 Å². The molecule has 1 aliphatic heterocycles. The van der Waals surface area contributed by atoms with E-state index >= 15 is 0 Å². The highest BCUT2D eigenvalue weighted by molar-refractivity contribution is 5.79. The van der Waals surface area contributed by atoms with Crippen molar-refractivity contribution in [3.8, 4) is 0 Å². The number of likely N-dealkylation sites (tertiary alicyclic amines) is 1. The third kappa shape index (κ3) is 3.80. The van der Waals surface area contributed by atoms with Gasteiger partial charge in [-0.05, 0) is 38.2 Å². The first kappa shape index (κ1) is 14.1. The maximum absolute atomic E-state index is 12.4. The maximum atomic E-state index is 12.4. The fourth-order valence-electron chi connectivity index (χ4n) is 2.65. The van der Waals surface area contributed by atoms with Crippen LogP contribution in [-0.2, 0) is 11.2 Å². The zero-order chi connectivity index (χ0) is 13.7. The average Bonchev–Trinajstić information content (AvgIpc) is 2.47. The van der Waals surface area contributed by atoms with Gasteiger partial charge in [-0.15, -0.1) is 0 Å². The number of amides is 1. The van der Waals surface area contributed by atoms with Gasteiger partial charge >= 0.3 is 0 Å². The Morgan fingerprint density at radius 3 is 2.42 bits per heavy atom. The van der Waals surface area contributed by atoms with Gasteiger partial charge in [0.1, 0.15) is 0 Å². The van der Waals surface area contributed by atoms with E-state index < -0.39 is 0 Å². The molecular formula is C16H24N2O. The zero-order valence-electron chi connectivity index (χ0n) is 11.8. The predicted molar refractivity (Wildman–Crippen MR) is 77.9 cm³/mol. The second kappa shape index (κ2) is 6.71. The Kier molecular flexibility index (Phi) is 4.97.